The van der Waals surface area contributed by atoms with Gasteiger partial charge in [0.2, 0.25) is 10.0 Å². The highest BCUT2D eigenvalue weighted by atomic mass is 32.2. The van der Waals surface area contributed by atoms with Crippen LogP contribution in [0.5, 0.6) is 0 Å². The Kier molecular flexibility index (Phi) is 4.20. The smallest absolute Gasteiger partial charge is 0.243 e. The van der Waals surface area contributed by atoms with E-state index in [0.29, 0.717) is 32.7 Å². The summed E-state index contributed by atoms with van der Waals surface area (Å²) in [5.74, 6) is 1.99. The van der Waals surface area contributed by atoms with Crippen molar-refractivity contribution in [3.05, 3.63) is 30.1 Å². The maximum atomic E-state index is 13.1. The van der Waals surface area contributed by atoms with Crippen molar-refractivity contribution in [2.45, 2.75) is 4.90 Å². The van der Waals surface area contributed by atoms with Crippen molar-refractivity contribution in [1.82, 2.24) is 9.21 Å². The Balaban J connectivity index is 2.12. The normalized spacial score (nSPS) is 18.1. The summed E-state index contributed by atoms with van der Waals surface area (Å²) in [6.07, 6.45) is 5.22. The molecular weight excluding hydrogens is 267 g/mol. The molecule has 0 N–H and O–H groups in total. The molecule has 1 aliphatic heterocycles. The molecule has 1 fully saturated rings. The van der Waals surface area contributed by atoms with Crippen LogP contribution in [0.1, 0.15) is 0 Å². The van der Waals surface area contributed by atoms with Crippen LogP contribution in [0.15, 0.2) is 29.2 Å². The minimum Gasteiger partial charge on any atom is -0.290 e. The Morgan fingerprint density at radius 3 is 2.53 bits per heavy atom. The van der Waals surface area contributed by atoms with Gasteiger partial charge in [-0.25, -0.2) is 12.8 Å². The highest BCUT2D eigenvalue weighted by Gasteiger charge is 2.28. The lowest BCUT2D eigenvalue weighted by Gasteiger charge is -2.32. The van der Waals surface area contributed by atoms with Gasteiger partial charge in [-0.1, -0.05) is 12.0 Å². The number of piperazine rings is 1. The summed E-state index contributed by atoms with van der Waals surface area (Å²) in [6.45, 7) is 2.46. The summed E-state index contributed by atoms with van der Waals surface area (Å²) >= 11 is 0. The minimum atomic E-state index is -3.61. The predicted octanol–water partition coefficient (Wildman–Crippen LogP) is 0.765. The Bertz CT molecular complexity index is 587. The molecular formula is C13H15FN2O2S. The zero-order valence-corrected chi connectivity index (χ0v) is 11.2. The summed E-state index contributed by atoms with van der Waals surface area (Å²) in [5.41, 5.74) is 0. The summed E-state index contributed by atoms with van der Waals surface area (Å²) < 4.78 is 39.1. The van der Waals surface area contributed by atoms with Crippen molar-refractivity contribution in [2.75, 3.05) is 32.7 Å². The summed E-state index contributed by atoms with van der Waals surface area (Å²) in [4.78, 5) is 2.01. The molecule has 1 saturated heterocycles. The Morgan fingerprint density at radius 1 is 1.26 bits per heavy atom. The Hall–Kier alpha value is -1.42. The average molecular weight is 282 g/mol. The monoisotopic (exact) mass is 282 g/mol. The average Bonchev–Trinajstić information content (AvgIpc) is 2.40. The Morgan fingerprint density at radius 2 is 1.95 bits per heavy atom. The van der Waals surface area contributed by atoms with E-state index >= 15 is 0 Å². The van der Waals surface area contributed by atoms with Crippen molar-refractivity contribution >= 4 is 10.0 Å². The van der Waals surface area contributed by atoms with Crippen LogP contribution in [0.2, 0.25) is 0 Å². The number of sulfonamides is 1. The number of terminal acetylenes is 1. The molecule has 19 heavy (non-hydrogen) atoms. The molecule has 0 bridgehead atoms. The number of hydrogen-bond donors (Lipinski definition) is 0. The number of benzene rings is 1. The minimum absolute atomic E-state index is 0.00194. The fourth-order valence-corrected chi connectivity index (χ4v) is 3.49. The van der Waals surface area contributed by atoms with Gasteiger partial charge in [0.15, 0.2) is 0 Å². The molecule has 102 valence electrons. The van der Waals surface area contributed by atoms with E-state index in [4.69, 9.17) is 6.42 Å². The molecule has 6 heteroatoms. The van der Waals surface area contributed by atoms with Crippen LogP contribution in [0.25, 0.3) is 0 Å². The van der Waals surface area contributed by atoms with E-state index in [9.17, 15) is 12.8 Å². The molecule has 0 radical (unpaired) electrons. The lowest BCUT2D eigenvalue weighted by molar-refractivity contribution is 0.207. The van der Waals surface area contributed by atoms with E-state index < -0.39 is 15.8 Å². The Labute approximate surface area is 112 Å². The largest absolute Gasteiger partial charge is 0.290 e. The van der Waals surface area contributed by atoms with Gasteiger partial charge in [0.25, 0.3) is 0 Å². The molecule has 1 heterocycles. The molecule has 4 nitrogen and oxygen atoms in total. The first-order valence-corrected chi connectivity index (χ1v) is 7.39. The van der Waals surface area contributed by atoms with E-state index in [2.05, 4.69) is 5.92 Å². The van der Waals surface area contributed by atoms with Crippen LogP contribution >= 0.6 is 0 Å². The zero-order valence-electron chi connectivity index (χ0n) is 10.4. The number of hydrogen-bond acceptors (Lipinski definition) is 3. The number of nitrogens with zero attached hydrogens (tertiary/aromatic N) is 2. The van der Waals surface area contributed by atoms with Gasteiger partial charge in [-0.3, -0.25) is 4.90 Å². The van der Waals surface area contributed by atoms with Gasteiger partial charge in [-0.2, -0.15) is 4.31 Å². The molecule has 0 spiro atoms. The molecule has 1 aromatic rings. The molecule has 0 saturated carbocycles. The third-order valence-electron chi connectivity index (χ3n) is 3.08. The van der Waals surface area contributed by atoms with E-state index in [-0.39, 0.29) is 4.90 Å². The summed E-state index contributed by atoms with van der Waals surface area (Å²) in [5, 5.41) is 0. The number of halogens is 1. The first-order valence-electron chi connectivity index (χ1n) is 5.95. The van der Waals surface area contributed by atoms with Gasteiger partial charge >= 0.3 is 0 Å². The van der Waals surface area contributed by atoms with E-state index in [1.807, 2.05) is 4.90 Å². The topological polar surface area (TPSA) is 40.6 Å². The van der Waals surface area contributed by atoms with Crippen LogP contribution in [0.3, 0.4) is 0 Å². The highest BCUT2D eigenvalue weighted by molar-refractivity contribution is 7.89. The lowest BCUT2D eigenvalue weighted by Crippen LogP contribution is -2.48. The molecule has 2 rings (SSSR count). The standard InChI is InChI=1S/C13H15FN2O2S/c1-2-6-15-7-9-16(10-8-15)19(17,18)13-5-3-4-12(14)11-13/h1,3-5,11H,6-10H2. The van der Waals surface area contributed by atoms with Crippen molar-refractivity contribution in [3.63, 3.8) is 0 Å². The quantitative estimate of drug-likeness (QED) is 0.769. The van der Waals surface area contributed by atoms with Crippen LogP contribution in [-0.4, -0.2) is 50.3 Å². The van der Waals surface area contributed by atoms with Crippen molar-refractivity contribution in [1.29, 1.82) is 0 Å². The van der Waals surface area contributed by atoms with Gasteiger partial charge < -0.3 is 0 Å². The molecule has 1 aliphatic rings. The first kappa shape index (κ1) is 14.0. The molecule has 0 amide bonds. The van der Waals surface area contributed by atoms with E-state index in [0.717, 1.165) is 6.07 Å². The second-order valence-electron chi connectivity index (χ2n) is 4.34. The molecule has 0 unspecified atom stereocenters. The van der Waals surface area contributed by atoms with Gasteiger partial charge in [0, 0.05) is 26.2 Å². The molecule has 0 atom stereocenters. The third-order valence-corrected chi connectivity index (χ3v) is 4.97. The lowest BCUT2D eigenvalue weighted by atomic mass is 10.3. The summed E-state index contributed by atoms with van der Waals surface area (Å²) in [6, 6.07) is 5.08. The summed E-state index contributed by atoms with van der Waals surface area (Å²) in [7, 11) is -3.61. The molecule has 1 aromatic carbocycles. The van der Waals surface area contributed by atoms with Gasteiger partial charge in [-0.15, -0.1) is 6.42 Å². The first-order chi connectivity index (χ1) is 9.04. The van der Waals surface area contributed by atoms with Gasteiger partial charge in [-0.05, 0) is 18.2 Å². The van der Waals surface area contributed by atoms with E-state index in [1.54, 1.807) is 0 Å². The van der Waals surface area contributed by atoms with Crippen LogP contribution in [0, 0.1) is 18.2 Å². The van der Waals surface area contributed by atoms with Gasteiger partial charge in [0.1, 0.15) is 5.82 Å². The fraction of sp³-hybridized carbons (Fsp3) is 0.385. The van der Waals surface area contributed by atoms with Gasteiger partial charge in [0.05, 0.1) is 11.4 Å². The second-order valence-corrected chi connectivity index (χ2v) is 6.28. The maximum Gasteiger partial charge on any atom is 0.243 e. The second kappa shape index (κ2) is 5.70. The fourth-order valence-electron chi connectivity index (χ4n) is 2.03. The van der Waals surface area contributed by atoms with Crippen molar-refractivity contribution in [2.24, 2.45) is 0 Å². The van der Waals surface area contributed by atoms with Crippen LogP contribution in [-0.2, 0) is 10.0 Å². The highest BCUT2D eigenvalue weighted by Crippen LogP contribution is 2.18. The molecule has 0 aliphatic carbocycles. The van der Waals surface area contributed by atoms with Crippen LogP contribution < -0.4 is 0 Å². The van der Waals surface area contributed by atoms with Crippen LogP contribution in [0.4, 0.5) is 4.39 Å². The predicted molar refractivity (Wildman–Crippen MR) is 70.4 cm³/mol. The third kappa shape index (κ3) is 3.13. The van der Waals surface area contributed by atoms with E-state index in [1.165, 1.54) is 22.5 Å². The number of rotatable bonds is 3. The van der Waals surface area contributed by atoms with Crippen molar-refractivity contribution < 1.29 is 12.8 Å². The SMILES string of the molecule is C#CCN1CCN(S(=O)(=O)c2cccc(F)c2)CC1. The maximum absolute atomic E-state index is 13.1. The zero-order chi connectivity index (χ0) is 13.9. The van der Waals surface area contributed by atoms with Crippen molar-refractivity contribution in [3.8, 4) is 12.3 Å². The molecule has 0 aromatic heterocycles.